The van der Waals surface area contributed by atoms with Crippen molar-refractivity contribution in [2.45, 2.75) is 26.1 Å². The van der Waals surface area contributed by atoms with E-state index in [1.807, 2.05) is 13.8 Å². The summed E-state index contributed by atoms with van der Waals surface area (Å²) in [5.41, 5.74) is 2.48. The van der Waals surface area contributed by atoms with E-state index in [1.54, 1.807) is 12.1 Å². The van der Waals surface area contributed by atoms with Gasteiger partial charge in [-0.15, -0.1) is 0 Å². The fourth-order valence-corrected chi connectivity index (χ4v) is 1.78. The van der Waals surface area contributed by atoms with Gasteiger partial charge in [-0.25, -0.2) is 0 Å². The molecule has 0 aromatic heterocycles. The Bertz CT molecular complexity index is 331. The molecule has 84 valence electrons. The average Bonchev–Trinajstić information content (AvgIpc) is 2.23. The van der Waals surface area contributed by atoms with E-state index in [9.17, 15) is 10.2 Å². The monoisotopic (exact) mass is 246 g/mol. The molecule has 0 aliphatic heterocycles. The normalized spacial score (nSPS) is 15.1. The molecule has 2 N–H and O–H groups in total. The lowest BCUT2D eigenvalue weighted by Crippen LogP contribution is -2.19. The van der Waals surface area contributed by atoms with Crippen LogP contribution >= 0.6 is 24.2 Å². The van der Waals surface area contributed by atoms with Crippen molar-refractivity contribution in [2.24, 2.45) is 0 Å². The molecule has 0 heterocycles. The predicted molar refractivity (Wildman–Crippen MR) is 65.7 cm³/mol. The van der Waals surface area contributed by atoms with Crippen LogP contribution in [0.3, 0.4) is 0 Å². The number of rotatable bonds is 3. The smallest absolute Gasteiger partial charge is 0.106 e. The van der Waals surface area contributed by atoms with Crippen LogP contribution in [0.4, 0.5) is 0 Å². The van der Waals surface area contributed by atoms with Gasteiger partial charge in [-0.2, -0.15) is 12.6 Å². The van der Waals surface area contributed by atoms with Crippen LogP contribution in [-0.4, -0.2) is 22.1 Å². The molecule has 4 heteroatoms. The highest BCUT2D eigenvalue weighted by Crippen LogP contribution is 2.26. The molecule has 0 radical (unpaired) electrons. The third-order valence-electron chi connectivity index (χ3n) is 2.35. The highest BCUT2D eigenvalue weighted by atomic mass is 35.5. The number of halogens is 1. The van der Waals surface area contributed by atoms with Gasteiger partial charge in [0.1, 0.15) is 6.10 Å². The minimum atomic E-state index is -0.905. The molecular formula is C11H15ClO2S. The van der Waals surface area contributed by atoms with Crippen LogP contribution in [0.2, 0.25) is 5.02 Å². The second-order valence-electron chi connectivity index (χ2n) is 3.66. The summed E-state index contributed by atoms with van der Waals surface area (Å²) in [7, 11) is 0. The van der Waals surface area contributed by atoms with Crippen LogP contribution in [0.15, 0.2) is 12.1 Å². The number of hydrogen-bond acceptors (Lipinski definition) is 3. The first kappa shape index (κ1) is 12.8. The van der Waals surface area contributed by atoms with Crippen LogP contribution in [-0.2, 0) is 0 Å². The first-order valence-corrected chi connectivity index (χ1v) is 5.72. The molecule has 0 aliphatic rings. The first-order chi connectivity index (χ1) is 6.97. The average molecular weight is 247 g/mol. The molecule has 0 amide bonds. The molecule has 0 fully saturated rings. The van der Waals surface area contributed by atoms with Crippen LogP contribution < -0.4 is 0 Å². The number of hydrogen-bond donors (Lipinski definition) is 3. The fraction of sp³-hybridized carbons (Fsp3) is 0.455. The van der Waals surface area contributed by atoms with Gasteiger partial charge in [0.15, 0.2) is 0 Å². The summed E-state index contributed by atoms with van der Waals surface area (Å²) in [6.45, 7) is 3.75. The fourth-order valence-electron chi connectivity index (χ4n) is 1.47. The van der Waals surface area contributed by atoms with Crippen molar-refractivity contribution in [3.05, 3.63) is 33.8 Å². The van der Waals surface area contributed by atoms with Crippen molar-refractivity contribution in [2.75, 3.05) is 5.75 Å². The SMILES string of the molecule is Cc1cc(C(O)C(O)CS)cc(C)c1Cl. The van der Waals surface area contributed by atoms with Gasteiger partial charge in [0.25, 0.3) is 0 Å². The van der Waals surface area contributed by atoms with E-state index in [1.165, 1.54) is 0 Å². The summed E-state index contributed by atoms with van der Waals surface area (Å²) in [5.74, 6) is 0.224. The molecule has 0 saturated heterocycles. The van der Waals surface area contributed by atoms with E-state index in [0.29, 0.717) is 10.6 Å². The minimum absolute atomic E-state index is 0.224. The molecule has 1 aromatic rings. The topological polar surface area (TPSA) is 40.5 Å². The Morgan fingerprint density at radius 1 is 1.27 bits per heavy atom. The van der Waals surface area contributed by atoms with Crippen molar-refractivity contribution in [1.29, 1.82) is 0 Å². The zero-order chi connectivity index (χ0) is 11.6. The Labute approximate surface area is 100 Å². The van der Waals surface area contributed by atoms with E-state index in [0.717, 1.165) is 11.1 Å². The minimum Gasteiger partial charge on any atom is -0.389 e. The third-order valence-corrected chi connectivity index (χ3v) is 3.32. The lowest BCUT2D eigenvalue weighted by atomic mass is 10.0. The van der Waals surface area contributed by atoms with E-state index in [-0.39, 0.29) is 5.75 Å². The summed E-state index contributed by atoms with van der Waals surface area (Å²) in [4.78, 5) is 0. The maximum atomic E-state index is 9.79. The first-order valence-electron chi connectivity index (χ1n) is 4.71. The maximum absolute atomic E-state index is 9.79. The lowest BCUT2D eigenvalue weighted by molar-refractivity contribution is 0.0337. The van der Waals surface area contributed by atoms with Crippen LogP contribution in [0.25, 0.3) is 0 Å². The Hall–Kier alpha value is -0.220. The highest BCUT2D eigenvalue weighted by molar-refractivity contribution is 7.80. The molecule has 0 spiro atoms. The molecule has 0 aliphatic carbocycles. The molecule has 1 aromatic carbocycles. The largest absolute Gasteiger partial charge is 0.389 e. The summed E-state index contributed by atoms with van der Waals surface area (Å²) < 4.78 is 0. The maximum Gasteiger partial charge on any atom is 0.106 e. The van der Waals surface area contributed by atoms with E-state index >= 15 is 0 Å². The van der Waals surface area contributed by atoms with E-state index in [2.05, 4.69) is 12.6 Å². The van der Waals surface area contributed by atoms with E-state index < -0.39 is 12.2 Å². The zero-order valence-electron chi connectivity index (χ0n) is 8.74. The predicted octanol–water partition coefficient (Wildman–Crippen LogP) is 2.28. The number of aliphatic hydroxyl groups is 2. The van der Waals surface area contributed by atoms with Gasteiger partial charge < -0.3 is 10.2 Å². The quantitative estimate of drug-likeness (QED) is 0.717. The van der Waals surface area contributed by atoms with Crippen molar-refractivity contribution in [3.63, 3.8) is 0 Å². The molecule has 15 heavy (non-hydrogen) atoms. The number of aryl methyl sites for hydroxylation is 2. The van der Waals surface area contributed by atoms with Gasteiger partial charge in [-0.3, -0.25) is 0 Å². The third kappa shape index (κ3) is 2.88. The molecule has 2 nitrogen and oxygen atoms in total. The van der Waals surface area contributed by atoms with Crippen molar-refractivity contribution in [3.8, 4) is 0 Å². The highest BCUT2D eigenvalue weighted by Gasteiger charge is 2.18. The molecule has 2 atom stereocenters. The summed E-state index contributed by atoms with van der Waals surface area (Å²) in [5, 5.41) is 20.0. The molecule has 1 rings (SSSR count). The second kappa shape index (κ2) is 5.21. The summed E-state index contributed by atoms with van der Waals surface area (Å²) in [6.07, 6.45) is -1.76. The summed E-state index contributed by atoms with van der Waals surface area (Å²) in [6, 6.07) is 3.57. The number of aliphatic hydroxyl groups excluding tert-OH is 2. The Kier molecular flexibility index (Phi) is 4.46. The molecule has 0 saturated carbocycles. The van der Waals surface area contributed by atoms with Gasteiger partial charge in [0.2, 0.25) is 0 Å². The van der Waals surface area contributed by atoms with Crippen LogP contribution in [0.1, 0.15) is 22.8 Å². The van der Waals surface area contributed by atoms with Gasteiger partial charge in [-0.1, -0.05) is 23.7 Å². The Morgan fingerprint density at radius 3 is 2.13 bits per heavy atom. The van der Waals surface area contributed by atoms with Crippen LogP contribution in [0, 0.1) is 13.8 Å². The second-order valence-corrected chi connectivity index (χ2v) is 4.41. The van der Waals surface area contributed by atoms with Crippen molar-refractivity contribution >= 4 is 24.2 Å². The van der Waals surface area contributed by atoms with Crippen molar-refractivity contribution in [1.82, 2.24) is 0 Å². The van der Waals surface area contributed by atoms with Gasteiger partial charge in [-0.05, 0) is 30.5 Å². The molecule has 2 unspecified atom stereocenters. The Balaban J connectivity index is 3.06. The van der Waals surface area contributed by atoms with Gasteiger partial charge in [0, 0.05) is 10.8 Å². The molecule has 0 bridgehead atoms. The van der Waals surface area contributed by atoms with Crippen molar-refractivity contribution < 1.29 is 10.2 Å². The zero-order valence-corrected chi connectivity index (χ0v) is 10.4. The number of benzene rings is 1. The number of thiol groups is 1. The standard InChI is InChI=1S/C11H15ClO2S/c1-6-3-8(4-7(2)10(6)12)11(14)9(13)5-15/h3-4,9,11,13-15H,5H2,1-2H3. The molecular weight excluding hydrogens is 232 g/mol. The van der Waals surface area contributed by atoms with Crippen LogP contribution in [0.5, 0.6) is 0 Å². The Morgan fingerprint density at radius 2 is 1.73 bits per heavy atom. The van der Waals surface area contributed by atoms with Gasteiger partial charge in [0.05, 0.1) is 6.10 Å². The van der Waals surface area contributed by atoms with Gasteiger partial charge >= 0.3 is 0 Å². The lowest BCUT2D eigenvalue weighted by Gasteiger charge is -2.18. The summed E-state index contributed by atoms with van der Waals surface area (Å²) >= 11 is 9.95. The van der Waals surface area contributed by atoms with E-state index in [4.69, 9.17) is 11.6 Å².